The van der Waals surface area contributed by atoms with Crippen LogP contribution in [0.25, 0.3) is 0 Å². The van der Waals surface area contributed by atoms with Crippen molar-refractivity contribution in [1.82, 2.24) is 10.2 Å². The summed E-state index contributed by atoms with van der Waals surface area (Å²) in [7, 11) is 2.20. The van der Waals surface area contributed by atoms with Gasteiger partial charge in [0.05, 0.1) is 6.07 Å². The third-order valence-corrected chi connectivity index (χ3v) is 3.82. The van der Waals surface area contributed by atoms with E-state index < -0.39 is 0 Å². The van der Waals surface area contributed by atoms with E-state index in [1.54, 1.807) is 0 Å². The molecule has 0 bridgehead atoms. The van der Waals surface area contributed by atoms with Crippen molar-refractivity contribution in [3.63, 3.8) is 0 Å². The molecule has 0 aromatic carbocycles. The van der Waals surface area contributed by atoms with Crippen LogP contribution in [0, 0.1) is 22.7 Å². The van der Waals surface area contributed by atoms with Crippen molar-refractivity contribution in [2.45, 2.75) is 33.1 Å². The van der Waals surface area contributed by atoms with Crippen LogP contribution in [-0.4, -0.2) is 38.1 Å². The normalized spacial score (nSPS) is 19.6. The zero-order chi connectivity index (χ0) is 12.0. The van der Waals surface area contributed by atoms with Crippen LogP contribution < -0.4 is 5.32 Å². The van der Waals surface area contributed by atoms with Gasteiger partial charge >= 0.3 is 0 Å². The highest BCUT2D eigenvalue weighted by atomic mass is 15.1. The first-order valence-electron chi connectivity index (χ1n) is 6.32. The van der Waals surface area contributed by atoms with E-state index in [1.165, 1.54) is 25.9 Å². The molecule has 1 saturated heterocycles. The van der Waals surface area contributed by atoms with Crippen LogP contribution in [0.4, 0.5) is 0 Å². The summed E-state index contributed by atoms with van der Waals surface area (Å²) in [4.78, 5) is 2.41. The highest BCUT2D eigenvalue weighted by Gasteiger charge is 2.31. The predicted molar refractivity (Wildman–Crippen MR) is 67.1 cm³/mol. The molecule has 0 atom stereocenters. The van der Waals surface area contributed by atoms with Crippen LogP contribution in [0.1, 0.15) is 33.1 Å². The summed E-state index contributed by atoms with van der Waals surface area (Å²) in [5.74, 6) is 0.818. The maximum Gasteiger partial charge on any atom is 0.0635 e. The molecule has 0 aromatic heterocycles. The molecule has 1 fully saturated rings. The molecule has 16 heavy (non-hydrogen) atoms. The third-order valence-electron chi connectivity index (χ3n) is 3.82. The maximum atomic E-state index is 8.48. The Balaban J connectivity index is 2.29. The van der Waals surface area contributed by atoms with Crippen LogP contribution >= 0.6 is 0 Å². The topological polar surface area (TPSA) is 39.1 Å². The Hall–Kier alpha value is -0.590. The molecule has 1 rings (SSSR count). The molecule has 0 aromatic rings. The van der Waals surface area contributed by atoms with E-state index in [2.05, 4.69) is 37.2 Å². The van der Waals surface area contributed by atoms with Crippen LogP contribution in [-0.2, 0) is 0 Å². The number of rotatable bonds is 5. The van der Waals surface area contributed by atoms with Crippen molar-refractivity contribution in [3.05, 3.63) is 0 Å². The predicted octanol–water partition coefficient (Wildman–Crippen LogP) is 1.86. The minimum absolute atomic E-state index is 0.358. The van der Waals surface area contributed by atoms with Gasteiger partial charge in [0, 0.05) is 19.5 Å². The minimum Gasteiger partial charge on any atom is -0.315 e. The Kier molecular flexibility index (Phi) is 5.24. The third kappa shape index (κ3) is 4.11. The van der Waals surface area contributed by atoms with Gasteiger partial charge in [-0.05, 0) is 44.3 Å². The van der Waals surface area contributed by atoms with Gasteiger partial charge in [0.1, 0.15) is 0 Å². The molecule has 0 radical (unpaired) electrons. The second-order valence-electron chi connectivity index (χ2n) is 5.65. The van der Waals surface area contributed by atoms with Gasteiger partial charge in [-0.25, -0.2) is 0 Å². The van der Waals surface area contributed by atoms with Gasteiger partial charge in [0.2, 0.25) is 0 Å². The van der Waals surface area contributed by atoms with E-state index in [9.17, 15) is 0 Å². The quantitative estimate of drug-likeness (QED) is 0.723. The number of hydrogen-bond donors (Lipinski definition) is 1. The SMILES string of the molecule is CN1CCC(C(C)(C)CNCCC#N)CC1. The van der Waals surface area contributed by atoms with E-state index >= 15 is 0 Å². The standard InChI is InChI=1S/C13H25N3/c1-13(2,11-15-8-4-7-14)12-5-9-16(3)10-6-12/h12,15H,4-6,8-11H2,1-3H3. The van der Waals surface area contributed by atoms with Crippen LogP contribution in [0.3, 0.4) is 0 Å². The van der Waals surface area contributed by atoms with Gasteiger partial charge in [0.25, 0.3) is 0 Å². The first kappa shape index (κ1) is 13.5. The maximum absolute atomic E-state index is 8.48. The Morgan fingerprint density at radius 1 is 1.38 bits per heavy atom. The van der Waals surface area contributed by atoms with E-state index in [0.29, 0.717) is 11.8 Å². The summed E-state index contributed by atoms with van der Waals surface area (Å²) in [5, 5.41) is 11.9. The average Bonchev–Trinajstić information content (AvgIpc) is 2.25. The largest absolute Gasteiger partial charge is 0.315 e. The van der Waals surface area contributed by atoms with E-state index in [4.69, 9.17) is 5.26 Å². The molecule has 1 aliphatic heterocycles. The molecule has 0 amide bonds. The first-order chi connectivity index (χ1) is 7.56. The summed E-state index contributed by atoms with van der Waals surface area (Å²) in [6, 6.07) is 2.17. The molecule has 1 aliphatic rings. The Morgan fingerprint density at radius 3 is 2.56 bits per heavy atom. The van der Waals surface area contributed by atoms with Crippen molar-refractivity contribution in [3.8, 4) is 6.07 Å². The fourth-order valence-corrected chi connectivity index (χ4v) is 2.49. The van der Waals surface area contributed by atoms with Crippen LogP contribution in [0.5, 0.6) is 0 Å². The lowest BCUT2D eigenvalue weighted by Gasteiger charge is -2.39. The molecule has 1 N–H and O–H groups in total. The van der Waals surface area contributed by atoms with E-state index in [0.717, 1.165) is 19.0 Å². The summed E-state index contributed by atoms with van der Waals surface area (Å²) in [5.41, 5.74) is 0.358. The lowest BCUT2D eigenvalue weighted by atomic mass is 9.73. The smallest absolute Gasteiger partial charge is 0.0635 e. The van der Waals surface area contributed by atoms with Crippen LogP contribution in [0.2, 0.25) is 0 Å². The Labute approximate surface area is 99.8 Å². The van der Waals surface area contributed by atoms with Gasteiger partial charge in [-0.1, -0.05) is 13.8 Å². The lowest BCUT2D eigenvalue weighted by Crippen LogP contribution is -2.41. The van der Waals surface area contributed by atoms with Crippen molar-refractivity contribution in [1.29, 1.82) is 5.26 Å². The van der Waals surface area contributed by atoms with E-state index in [1.807, 2.05) is 0 Å². The fourth-order valence-electron chi connectivity index (χ4n) is 2.49. The highest BCUT2D eigenvalue weighted by molar-refractivity contribution is 4.84. The number of likely N-dealkylation sites (tertiary alicyclic amines) is 1. The van der Waals surface area contributed by atoms with Crippen molar-refractivity contribution in [2.24, 2.45) is 11.3 Å². The van der Waals surface area contributed by atoms with Crippen molar-refractivity contribution >= 4 is 0 Å². The van der Waals surface area contributed by atoms with Gasteiger partial charge < -0.3 is 10.2 Å². The number of nitriles is 1. The number of piperidine rings is 1. The van der Waals surface area contributed by atoms with Crippen molar-refractivity contribution < 1.29 is 0 Å². The molecule has 0 unspecified atom stereocenters. The second-order valence-corrected chi connectivity index (χ2v) is 5.65. The highest BCUT2D eigenvalue weighted by Crippen LogP contribution is 2.33. The lowest BCUT2D eigenvalue weighted by molar-refractivity contribution is 0.113. The van der Waals surface area contributed by atoms with Gasteiger partial charge in [-0.15, -0.1) is 0 Å². The molecular weight excluding hydrogens is 198 g/mol. The number of nitrogens with zero attached hydrogens (tertiary/aromatic N) is 2. The first-order valence-corrected chi connectivity index (χ1v) is 6.32. The molecule has 3 heteroatoms. The van der Waals surface area contributed by atoms with Gasteiger partial charge in [0.15, 0.2) is 0 Å². The molecular formula is C13H25N3. The van der Waals surface area contributed by atoms with Crippen molar-refractivity contribution in [2.75, 3.05) is 33.2 Å². The average molecular weight is 223 g/mol. The molecule has 1 heterocycles. The Bertz CT molecular complexity index is 234. The zero-order valence-corrected chi connectivity index (χ0v) is 10.9. The van der Waals surface area contributed by atoms with E-state index in [-0.39, 0.29) is 0 Å². The number of nitrogens with one attached hydrogen (secondary N) is 1. The summed E-state index contributed by atoms with van der Waals surface area (Å²) in [6.07, 6.45) is 3.23. The molecule has 0 spiro atoms. The molecule has 3 nitrogen and oxygen atoms in total. The number of hydrogen-bond acceptors (Lipinski definition) is 3. The van der Waals surface area contributed by atoms with Gasteiger partial charge in [-0.3, -0.25) is 0 Å². The monoisotopic (exact) mass is 223 g/mol. The summed E-state index contributed by atoms with van der Waals surface area (Å²) >= 11 is 0. The van der Waals surface area contributed by atoms with Crippen LogP contribution in [0.15, 0.2) is 0 Å². The Morgan fingerprint density at radius 2 is 2.00 bits per heavy atom. The molecule has 92 valence electrons. The van der Waals surface area contributed by atoms with Gasteiger partial charge in [-0.2, -0.15) is 5.26 Å². The summed E-state index contributed by atoms with van der Waals surface area (Å²) < 4.78 is 0. The molecule has 0 saturated carbocycles. The summed E-state index contributed by atoms with van der Waals surface area (Å²) in [6.45, 7) is 9.01. The second kappa shape index (κ2) is 6.22. The fraction of sp³-hybridized carbons (Fsp3) is 0.923. The zero-order valence-electron chi connectivity index (χ0n) is 10.9. The molecule has 0 aliphatic carbocycles. The minimum atomic E-state index is 0.358.